The van der Waals surface area contributed by atoms with E-state index in [0.29, 0.717) is 13.0 Å². The molecule has 2 rings (SSSR count). The maximum Gasteiger partial charge on any atom is 0.261 e. The van der Waals surface area contributed by atoms with Crippen LogP contribution in [0.25, 0.3) is 0 Å². The van der Waals surface area contributed by atoms with E-state index < -0.39 is 6.10 Å². The zero-order chi connectivity index (χ0) is 22.0. The number of carbonyl (C=O) groups excluding carboxylic acids is 1. The lowest BCUT2D eigenvalue weighted by atomic mass is 9.87. The van der Waals surface area contributed by atoms with Gasteiger partial charge in [-0.1, -0.05) is 65.0 Å². The minimum atomic E-state index is -0.481. The summed E-state index contributed by atoms with van der Waals surface area (Å²) in [6.07, 6.45) is 2.86. The van der Waals surface area contributed by atoms with Crippen LogP contribution in [0.1, 0.15) is 65.0 Å². The van der Waals surface area contributed by atoms with Crippen LogP contribution in [0.2, 0.25) is 0 Å². The predicted octanol–water partition coefficient (Wildman–Crippen LogP) is 5.68. The Balaban J connectivity index is 1.82. The fourth-order valence-electron chi connectivity index (χ4n) is 3.19. The Morgan fingerprint density at radius 2 is 1.73 bits per heavy atom. The molecule has 0 aromatic heterocycles. The van der Waals surface area contributed by atoms with Gasteiger partial charge in [0.2, 0.25) is 0 Å². The molecular formula is C26H37NO3. The fourth-order valence-corrected chi connectivity index (χ4v) is 3.19. The zero-order valence-corrected chi connectivity index (χ0v) is 19.2. The topological polar surface area (TPSA) is 47.6 Å². The predicted molar refractivity (Wildman–Crippen MR) is 123 cm³/mol. The molecule has 0 aliphatic heterocycles. The molecule has 30 heavy (non-hydrogen) atoms. The summed E-state index contributed by atoms with van der Waals surface area (Å²) in [5, 5.41) is 3.02. The average Bonchev–Trinajstić information content (AvgIpc) is 2.73. The normalized spacial score (nSPS) is 12.3. The van der Waals surface area contributed by atoms with Gasteiger partial charge in [0.1, 0.15) is 11.5 Å². The summed E-state index contributed by atoms with van der Waals surface area (Å²) in [6.45, 7) is 11.9. The van der Waals surface area contributed by atoms with Crippen molar-refractivity contribution in [2.24, 2.45) is 0 Å². The fraction of sp³-hybridized carbons (Fsp3) is 0.500. The highest BCUT2D eigenvalue weighted by Crippen LogP contribution is 2.25. The number of rotatable bonds is 11. The molecule has 0 fully saturated rings. The van der Waals surface area contributed by atoms with Crippen molar-refractivity contribution in [1.82, 2.24) is 5.32 Å². The summed E-state index contributed by atoms with van der Waals surface area (Å²) >= 11 is 0. The van der Waals surface area contributed by atoms with Crippen LogP contribution < -0.4 is 14.8 Å². The van der Waals surface area contributed by atoms with E-state index in [9.17, 15) is 4.79 Å². The standard InChI is InChI=1S/C26H37NO3/c1-6-19-29-24-13-9-8-11-20(24)12-10-18-27-25(28)23(7-2)30-22-16-14-21(15-17-22)26(3,4)5/h8-9,11,13-17,23H,6-7,10,12,18-19H2,1-5H3,(H,27,28)/t23-/m0/s1. The van der Waals surface area contributed by atoms with Crippen molar-refractivity contribution in [2.45, 2.75) is 71.8 Å². The number of aryl methyl sites for hydroxylation is 1. The van der Waals surface area contributed by atoms with Gasteiger partial charge in [0.15, 0.2) is 6.10 Å². The highest BCUT2D eigenvalue weighted by molar-refractivity contribution is 5.81. The molecule has 1 N–H and O–H groups in total. The van der Waals surface area contributed by atoms with Gasteiger partial charge in [-0.3, -0.25) is 4.79 Å². The summed E-state index contributed by atoms with van der Waals surface area (Å²) < 4.78 is 11.7. The van der Waals surface area contributed by atoms with Crippen LogP contribution in [-0.4, -0.2) is 25.2 Å². The van der Waals surface area contributed by atoms with Crippen molar-refractivity contribution < 1.29 is 14.3 Å². The summed E-state index contributed by atoms with van der Waals surface area (Å²) in [5.74, 6) is 1.61. The van der Waals surface area contributed by atoms with Crippen LogP contribution in [0.5, 0.6) is 11.5 Å². The van der Waals surface area contributed by atoms with Crippen LogP contribution in [0, 0.1) is 0 Å². The summed E-state index contributed by atoms with van der Waals surface area (Å²) in [6, 6.07) is 16.1. The van der Waals surface area contributed by atoms with Gasteiger partial charge < -0.3 is 14.8 Å². The van der Waals surface area contributed by atoms with E-state index in [1.807, 2.05) is 37.3 Å². The number of para-hydroxylation sites is 1. The van der Waals surface area contributed by atoms with Crippen LogP contribution in [0.4, 0.5) is 0 Å². The van der Waals surface area contributed by atoms with Gasteiger partial charge in [-0.25, -0.2) is 0 Å². The van der Waals surface area contributed by atoms with E-state index in [0.717, 1.165) is 37.4 Å². The molecule has 2 aromatic carbocycles. The monoisotopic (exact) mass is 411 g/mol. The Morgan fingerprint density at radius 1 is 1.03 bits per heavy atom. The molecule has 0 bridgehead atoms. The Bertz CT molecular complexity index is 778. The van der Waals surface area contributed by atoms with Crippen molar-refractivity contribution in [3.63, 3.8) is 0 Å². The van der Waals surface area contributed by atoms with Crippen molar-refractivity contribution in [2.75, 3.05) is 13.2 Å². The molecule has 0 spiro atoms. The first-order valence-corrected chi connectivity index (χ1v) is 11.1. The molecule has 0 saturated carbocycles. The van der Waals surface area contributed by atoms with Crippen LogP contribution in [0.15, 0.2) is 48.5 Å². The first-order valence-electron chi connectivity index (χ1n) is 11.1. The molecule has 2 aromatic rings. The Hall–Kier alpha value is -2.49. The third-order valence-electron chi connectivity index (χ3n) is 5.02. The first-order chi connectivity index (χ1) is 14.3. The number of ether oxygens (including phenoxy) is 2. The lowest BCUT2D eigenvalue weighted by molar-refractivity contribution is -0.128. The number of benzene rings is 2. The average molecular weight is 412 g/mol. The highest BCUT2D eigenvalue weighted by Gasteiger charge is 2.19. The molecule has 4 nitrogen and oxygen atoms in total. The van der Waals surface area contributed by atoms with E-state index in [-0.39, 0.29) is 11.3 Å². The second-order valence-electron chi connectivity index (χ2n) is 8.64. The van der Waals surface area contributed by atoms with Gasteiger partial charge in [0.05, 0.1) is 6.61 Å². The van der Waals surface area contributed by atoms with Crippen LogP contribution in [0.3, 0.4) is 0 Å². The smallest absolute Gasteiger partial charge is 0.261 e. The number of carbonyl (C=O) groups is 1. The van der Waals surface area contributed by atoms with Gasteiger partial charge in [-0.2, -0.15) is 0 Å². The Labute approximate surface area is 182 Å². The second-order valence-corrected chi connectivity index (χ2v) is 8.64. The minimum Gasteiger partial charge on any atom is -0.493 e. The number of amides is 1. The molecule has 1 atom stereocenters. The molecule has 4 heteroatoms. The first kappa shape index (κ1) is 23.8. The molecule has 0 saturated heterocycles. The SMILES string of the molecule is CCCOc1ccccc1CCCNC(=O)[C@H](CC)Oc1ccc(C(C)(C)C)cc1. The van der Waals surface area contributed by atoms with Crippen molar-refractivity contribution in [3.05, 3.63) is 59.7 Å². The Kier molecular flexibility index (Phi) is 9.22. The molecule has 0 radical (unpaired) electrons. The maximum absolute atomic E-state index is 12.6. The molecule has 164 valence electrons. The largest absolute Gasteiger partial charge is 0.493 e. The van der Waals surface area contributed by atoms with Gasteiger partial charge in [-0.15, -0.1) is 0 Å². The highest BCUT2D eigenvalue weighted by atomic mass is 16.5. The molecule has 0 aliphatic rings. The third kappa shape index (κ3) is 7.40. The lowest BCUT2D eigenvalue weighted by Gasteiger charge is -2.21. The van der Waals surface area contributed by atoms with Crippen molar-refractivity contribution >= 4 is 5.91 Å². The lowest BCUT2D eigenvalue weighted by Crippen LogP contribution is -2.38. The van der Waals surface area contributed by atoms with Crippen LogP contribution in [-0.2, 0) is 16.6 Å². The molecule has 0 heterocycles. The van der Waals surface area contributed by atoms with E-state index in [1.54, 1.807) is 0 Å². The number of hydrogen-bond donors (Lipinski definition) is 1. The minimum absolute atomic E-state index is 0.0621. The summed E-state index contributed by atoms with van der Waals surface area (Å²) in [7, 11) is 0. The molecular weight excluding hydrogens is 374 g/mol. The number of hydrogen-bond acceptors (Lipinski definition) is 3. The molecule has 1 amide bonds. The van der Waals surface area contributed by atoms with Gasteiger partial charge in [0, 0.05) is 6.54 Å². The van der Waals surface area contributed by atoms with E-state index in [4.69, 9.17) is 9.47 Å². The summed E-state index contributed by atoms with van der Waals surface area (Å²) in [4.78, 5) is 12.6. The van der Waals surface area contributed by atoms with Crippen LogP contribution >= 0.6 is 0 Å². The second kappa shape index (κ2) is 11.6. The van der Waals surface area contributed by atoms with Gasteiger partial charge >= 0.3 is 0 Å². The summed E-state index contributed by atoms with van der Waals surface area (Å²) in [5.41, 5.74) is 2.53. The van der Waals surface area contributed by atoms with Gasteiger partial charge in [0.25, 0.3) is 5.91 Å². The van der Waals surface area contributed by atoms with Gasteiger partial charge in [-0.05, 0) is 60.4 Å². The van der Waals surface area contributed by atoms with E-state index in [2.05, 4.69) is 51.2 Å². The van der Waals surface area contributed by atoms with Crippen molar-refractivity contribution in [1.29, 1.82) is 0 Å². The number of nitrogens with one attached hydrogen (secondary N) is 1. The molecule has 0 aliphatic carbocycles. The van der Waals surface area contributed by atoms with E-state index >= 15 is 0 Å². The molecule has 0 unspecified atom stereocenters. The third-order valence-corrected chi connectivity index (χ3v) is 5.02. The van der Waals surface area contributed by atoms with Crippen molar-refractivity contribution in [3.8, 4) is 11.5 Å². The van der Waals surface area contributed by atoms with E-state index in [1.165, 1.54) is 11.1 Å². The maximum atomic E-state index is 12.6. The quantitative estimate of drug-likeness (QED) is 0.484. The Morgan fingerprint density at radius 3 is 2.37 bits per heavy atom. The zero-order valence-electron chi connectivity index (χ0n) is 19.2.